The minimum Gasteiger partial charge on any atom is -0.480 e. The van der Waals surface area contributed by atoms with Crippen molar-refractivity contribution in [2.45, 2.75) is 32.2 Å². The molecule has 5 heteroatoms. The first-order valence-corrected chi connectivity index (χ1v) is 10.7. The van der Waals surface area contributed by atoms with Gasteiger partial charge in [0.2, 0.25) is 0 Å². The molecule has 32 heavy (non-hydrogen) atoms. The van der Waals surface area contributed by atoms with Crippen LogP contribution in [0.1, 0.15) is 33.7 Å². The Morgan fingerprint density at radius 1 is 0.938 bits per heavy atom. The van der Waals surface area contributed by atoms with Crippen LogP contribution in [0, 0.1) is 13.8 Å². The summed E-state index contributed by atoms with van der Waals surface area (Å²) >= 11 is 0. The molecular weight excluding hydrogens is 402 g/mol. The van der Waals surface area contributed by atoms with Gasteiger partial charge in [-0.15, -0.1) is 0 Å². The number of amides is 1. The number of nitrogens with zero attached hydrogens (tertiary/aromatic N) is 1. The van der Waals surface area contributed by atoms with Crippen molar-refractivity contribution in [1.82, 2.24) is 4.90 Å². The number of benzene rings is 3. The number of aryl methyl sites for hydroxylation is 2. The molecular formula is C27H27NO4. The average molecular weight is 430 g/mol. The number of hydrogen-bond acceptors (Lipinski definition) is 3. The minimum absolute atomic E-state index is 0.0669. The van der Waals surface area contributed by atoms with Crippen molar-refractivity contribution in [2.24, 2.45) is 0 Å². The van der Waals surface area contributed by atoms with Crippen LogP contribution in [-0.4, -0.2) is 41.8 Å². The Morgan fingerprint density at radius 2 is 1.53 bits per heavy atom. The normalized spacial score (nSPS) is 13.2. The zero-order valence-electron chi connectivity index (χ0n) is 18.5. The summed E-state index contributed by atoms with van der Waals surface area (Å²) in [5, 5.41) is 9.77. The lowest BCUT2D eigenvalue weighted by Gasteiger charge is -2.25. The molecule has 0 heterocycles. The maximum Gasteiger partial charge on any atom is 0.410 e. The van der Waals surface area contributed by atoms with Gasteiger partial charge in [0.1, 0.15) is 12.6 Å². The van der Waals surface area contributed by atoms with Crippen LogP contribution in [0.4, 0.5) is 4.79 Å². The lowest BCUT2D eigenvalue weighted by Crippen LogP contribution is -2.44. The van der Waals surface area contributed by atoms with Crippen molar-refractivity contribution in [1.29, 1.82) is 0 Å². The second kappa shape index (κ2) is 8.87. The van der Waals surface area contributed by atoms with E-state index in [1.807, 2.05) is 56.3 Å². The summed E-state index contributed by atoms with van der Waals surface area (Å²) in [5.74, 6) is -1.12. The van der Waals surface area contributed by atoms with Crippen LogP contribution in [0.25, 0.3) is 11.1 Å². The molecule has 0 spiro atoms. The molecule has 164 valence electrons. The van der Waals surface area contributed by atoms with Crippen molar-refractivity contribution in [3.8, 4) is 11.1 Å². The lowest BCUT2D eigenvalue weighted by atomic mass is 9.98. The van der Waals surface area contributed by atoms with E-state index in [9.17, 15) is 14.7 Å². The van der Waals surface area contributed by atoms with Gasteiger partial charge in [-0.1, -0.05) is 66.7 Å². The van der Waals surface area contributed by atoms with Crippen molar-refractivity contribution >= 4 is 12.1 Å². The summed E-state index contributed by atoms with van der Waals surface area (Å²) in [5.41, 5.74) is 7.65. The number of hydrogen-bond donors (Lipinski definition) is 1. The van der Waals surface area contributed by atoms with Crippen LogP contribution >= 0.6 is 0 Å². The molecule has 0 aliphatic heterocycles. The van der Waals surface area contributed by atoms with Crippen molar-refractivity contribution < 1.29 is 19.4 Å². The van der Waals surface area contributed by atoms with Crippen molar-refractivity contribution in [3.63, 3.8) is 0 Å². The summed E-state index contributed by atoms with van der Waals surface area (Å²) in [6.45, 7) is 4.16. The SMILES string of the molecule is Cc1ccc(CC(C(=O)O)N(C)C(=O)OCC2c3ccccc3-c3ccccc32)cc1C. The number of carboxylic acid groups (broad SMARTS) is 1. The molecule has 4 rings (SSSR count). The van der Waals surface area contributed by atoms with Crippen molar-refractivity contribution in [3.05, 3.63) is 94.5 Å². The Hall–Kier alpha value is -3.60. The van der Waals surface area contributed by atoms with Crippen LogP contribution in [-0.2, 0) is 16.0 Å². The molecule has 3 aromatic carbocycles. The van der Waals surface area contributed by atoms with Gasteiger partial charge in [-0.25, -0.2) is 9.59 Å². The Labute approximate surface area is 188 Å². The number of rotatable bonds is 6. The average Bonchev–Trinajstić information content (AvgIpc) is 3.11. The Kier molecular flexibility index (Phi) is 5.99. The Balaban J connectivity index is 1.48. The summed E-state index contributed by atoms with van der Waals surface area (Å²) in [6.07, 6.45) is -0.417. The highest BCUT2D eigenvalue weighted by Gasteiger charge is 2.32. The smallest absolute Gasteiger partial charge is 0.410 e. The van der Waals surface area contributed by atoms with Gasteiger partial charge in [0.05, 0.1) is 0 Å². The first-order chi connectivity index (χ1) is 15.4. The van der Waals surface area contributed by atoms with Gasteiger partial charge in [0.15, 0.2) is 0 Å². The number of carbonyl (C=O) groups excluding carboxylic acids is 1. The summed E-state index contributed by atoms with van der Waals surface area (Å²) in [6, 6.07) is 21.1. The standard InChI is InChI=1S/C27H27NO4/c1-17-12-13-19(14-18(17)2)15-25(26(29)30)28(3)27(31)32-16-24-22-10-6-4-8-20(22)21-9-5-7-11-23(21)24/h4-14,24-25H,15-16H2,1-3H3,(H,29,30). The van der Waals surface area contributed by atoms with E-state index in [0.29, 0.717) is 0 Å². The van der Waals surface area contributed by atoms with E-state index < -0.39 is 18.1 Å². The number of ether oxygens (including phenoxy) is 1. The summed E-state index contributed by atoms with van der Waals surface area (Å²) in [4.78, 5) is 25.9. The van der Waals surface area contributed by atoms with Gasteiger partial charge >= 0.3 is 12.1 Å². The largest absolute Gasteiger partial charge is 0.480 e. The molecule has 1 unspecified atom stereocenters. The molecule has 0 saturated heterocycles. The molecule has 1 aliphatic rings. The maximum absolute atomic E-state index is 12.8. The fraction of sp³-hybridized carbons (Fsp3) is 0.259. The molecule has 0 aromatic heterocycles. The molecule has 5 nitrogen and oxygen atoms in total. The number of carbonyl (C=O) groups is 2. The third kappa shape index (κ3) is 4.11. The van der Waals surface area contributed by atoms with E-state index in [2.05, 4.69) is 24.3 Å². The molecule has 0 saturated carbocycles. The van der Waals surface area contributed by atoms with Crippen molar-refractivity contribution in [2.75, 3.05) is 13.7 Å². The van der Waals surface area contributed by atoms with Gasteiger partial charge in [0.25, 0.3) is 0 Å². The molecule has 1 N–H and O–H groups in total. The Morgan fingerprint density at radius 3 is 2.09 bits per heavy atom. The third-order valence-corrected chi connectivity index (χ3v) is 6.38. The second-order valence-electron chi connectivity index (χ2n) is 8.39. The van der Waals surface area contributed by atoms with Gasteiger partial charge in [-0.05, 0) is 52.8 Å². The highest BCUT2D eigenvalue weighted by molar-refractivity contribution is 5.81. The van der Waals surface area contributed by atoms with Gasteiger partial charge < -0.3 is 9.84 Å². The third-order valence-electron chi connectivity index (χ3n) is 6.38. The van der Waals surface area contributed by atoms with Crippen LogP contribution in [0.2, 0.25) is 0 Å². The van der Waals surface area contributed by atoms with E-state index in [1.165, 1.54) is 11.9 Å². The van der Waals surface area contributed by atoms with E-state index in [0.717, 1.165) is 38.9 Å². The van der Waals surface area contributed by atoms with Crippen LogP contribution < -0.4 is 0 Å². The first kappa shape index (κ1) is 21.6. The first-order valence-electron chi connectivity index (χ1n) is 10.7. The highest BCUT2D eigenvalue weighted by atomic mass is 16.6. The number of aliphatic carboxylic acids is 1. The van der Waals surface area contributed by atoms with E-state index in [-0.39, 0.29) is 18.9 Å². The van der Waals surface area contributed by atoms with Gasteiger partial charge in [0, 0.05) is 19.4 Å². The lowest BCUT2D eigenvalue weighted by molar-refractivity contribution is -0.142. The molecule has 0 fully saturated rings. The van der Waals surface area contributed by atoms with E-state index in [1.54, 1.807) is 0 Å². The van der Waals surface area contributed by atoms with E-state index >= 15 is 0 Å². The molecule has 1 amide bonds. The molecule has 0 bridgehead atoms. The van der Waals surface area contributed by atoms with Crippen LogP contribution in [0.3, 0.4) is 0 Å². The molecule has 1 atom stereocenters. The monoisotopic (exact) mass is 429 g/mol. The van der Waals surface area contributed by atoms with Gasteiger partial charge in [-0.3, -0.25) is 4.90 Å². The second-order valence-corrected chi connectivity index (χ2v) is 8.39. The van der Waals surface area contributed by atoms with E-state index in [4.69, 9.17) is 4.74 Å². The summed E-state index contributed by atoms with van der Waals surface area (Å²) in [7, 11) is 1.48. The van der Waals surface area contributed by atoms with Gasteiger partial charge in [-0.2, -0.15) is 0 Å². The zero-order chi connectivity index (χ0) is 22.8. The maximum atomic E-state index is 12.8. The summed E-state index contributed by atoms with van der Waals surface area (Å²) < 4.78 is 5.64. The topological polar surface area (TPSA) is 66.8 Å². The number of fused-ring (bicyclic) bond motifs is 3. The van der Waals surface area contributed by atoms with Crippen LogP contribution in [0.15, 0.2) is 66.7 Å². The zero-order valence-corrected chi connectivity index (χ0v) is 18.5. The van der Waals surface area contributed by atoms with Crippen LogP contribution in [0.5, 0.6) is 0 Å². The predicted octanol–water partition coefficient (Wildman–Crippen LogP) is 5.18. The number of likely N-dealkylation sites (N-methyl/N-ethyl adjacent to an activating group) is 1. The molecule has 1 aliphatic carbocycles. The quantitative estimate of drug-likeness (QED) is 0.586. The highest BCUT2D eigenvalue weighted by Crippen LogP contribution is 2.44. The number of carboxylic acids is 1. The minimum atomic E-state index is -1.06. The molecule has 0 radical (unpaired) electrons. The predicted molar refractivity (Wildman–Crippen MR) is 124 cm³/mol. The fourth-order valence-corrected chi connectivity index (χ4v) is 4.37. The Bertz CT molecular complexity index is 1120. The molecule has 3 aromatic rings. The fourth-order valence-electron chi connectivity index (χ4n) is 4.37.